The van der Waals surface area contributed by atoms with E-state index in [0.717, 1.165) is 5.56 Å². The number of carbonyl (C=O) groups excluding carboxylic acids is 1. The van der Waals surface area contributed by atoms with E-state index in [-0.39, 0.29) is 24.0 Å². The molecule has 0 unspecified atom stereocenters. The molecule has 1 aliphatic rings. The minimum Gasteiger partial charge on any atom is -0.489 e. The number of allylic oxidation sites excluding steroid dienone is 1. The van der Waals surface area contributed by atoms with Gasteiger partial charge in [-0.25, -0.2) is 4.39 Å². The van der Waals surface area contributed by atoms with Gasteiger partial charge in [0.15, 0.2) is 5.76 Å². The highest BCUT2D eigenvalue weighted by molar-refractivity contribution is 6.35. The number of ketones is 1. The van der Waals surface area contributed by atoms with Crippen LogP contribution in [0, 0.1) is 12.7 Å². The fourth-order valence-corrected chi connectivity index (χ4v) is 3.64. The highest BCUT2D eigenvalue weighted by Gasteiger charge is 2.30. The summed E-state index contributed by atoms with van der Waals surface area (Å²) in [5, 5.41) is 1.03. The van der Waals surface area contributed by atoms with Gasteiger partial charge in [0, 0.05) is 21.7 Å². The summed E-state index contributed by atoms with van der Waals surface area (Å²) in [7, 11) is 0. The fourth-order valence-electron chi connectivity index (χ4n) is 3.13. The van der Waals surface area contributed by atoms with E-state index in [1.807, 2.05) is 0 Å². The van der Waals surface area contributed by atoms with E-state index >= 15 is 0 Å². The minimum absolute atomic E-state index is 0.139. The molecule has 3 aromatic rings. The molecule has 0 fully saturated rings. The molecule has 6 heteroatoms. The smallest absolute Gasteiger partial charge is 0.232 e. The van der Waals surface area contributed by atoms with Crippen LogP contribution in [0.4, 0.5) is 4.39 Å². The number of hydrogen-bond donors (Lipinski definition) is 0. The maximum atomic E-state index is 13.4. The number of aryl methyl sites for hydroxylation is 1. The minimum atomic E-state index is -0.382. The van der Waals surface area contributed by atoms with Crippen molar-refractivity contribution in [2.45, 2.75) is 13.5 Å². The molecule has 4 rings (SSSR count). The normalized spacial score (nSPS) is 14.1. The number of fused-ring (bicyclic) bond motifs is 1. The molecular weight excluding hydrogens is 414 g/mol. The highest BCUT2D eigenvalue weighted by atomic mass is 35.5. The van der Waals surface area contributed by atoms with Crippen molar-refractivity contribution in [3.05, 3.63) is 98.5 Å². The fraction of sp³-hybridized carbons (Fsp3) is 0.0870. The molecule has 0 saturated heterocycles. The Labute approximate surface area is 177 Å². The van der Waals surface area contributed by atoms with E-state index in [2.05, 4.69) is 0 Å². The highest BCUT2D eigenvalue weighted by Crippen LogP contribution is 2.38. The van der Waals surface area contributed by atoms with Crippen LogP contribution in [-0.4, -0.2) is 5.78 Å². The van der Waals surface area contributed by atoms with Gasteiger partial charge >= 0.3 is 0 Å². The average molecular weight is 429 g/mol. The first kappa shape index (κ1) is 19.5. The third-order valence-corrected chi connectivity index (χ3v) is 5.24. The van der Waals surface area contributed by atoms with E-state index in [4.69, 9.17) is 32.7 Å². The van der Waals surface area contributed by atoms with Crippen LogP contribution in [0.3, 0.4) is 0 Å². The zero-order chi connectivity index (χ0) is 20.5. The Morgan fingerprint density at radius 2 is 1.79 bits per heavy atom. The van der Waals surface area contributed by atoms with Gasteiger partial charge in [-0.05, 0) is 54.5 Å². The van der Waals surface area contributed by atoms with Gasteiger partial charge in [0.1, 0.15) is 23.9 Å². The molecule has 0 aromatic heterocycles. The van der Waals surface area contributed by atoms with Crippen molar-refractivity contribution < 1.29 is 18.7 Å². The Hall–Kier alpha value is -2.82. The quantitative estimate of drug-likeness (QED) is 0.437. The number of carbonyl (C=O) groups is 1. The van der Waals surface area contributed by atoms with Gasteiger partial charge in [-0.1, -0.05) is 41.4 Å². The lowest BCUT2D eigenvalue weighted by molar-refractivity contribution is 0.101. The zero-order valence-corrected chi connectivity index (χ0v) is 16.9. The summed E-state index contributed by atoms with van der Waals surface area (Å²) < 4.78 is 25.0. The Balaban J connectivity index is 1.59. The summed E-state index contributed by atoms with van der Waals surface area (Å²) in [6, 6.07) is 14.6. The molecule has 0 radical (unpaired) electrons. The monoisotopic (exact) mass is 428 g/mol. The van der Waals surface area contributed by atoms with Crippen LogP contribution in [0.15, 0.2) is 60.4 Å². The average Bonchev–Trinajstić information content (AvgIpc) is 2.97. The van der Waals surface area contributed by atoms with Gasteiger partial charge in [0.05, 0.1) is 5.56 Å². The lowest BCUT2D eigenvalue weighted by atomic mass is 10.0. The first-order valence-electron chi connectivity index (χ1n) is 8.82. The maximum Gasteiger partial charge on any atom is 0.232 e. The summed E-state index contributed by atoms with van der Waals surface area (Å²) in [6.07, 6.45) is 1.52. The molecule has 0 bridgehead atoms. The molecule has 29 heavy (non-hydrogen) atoms. The lowest BCUT2D eigenvalue weighted by Gasteiger charge is -2.11. The molecule has 0 N–H and O–H groups in total. The van der Waals surface area contributed by atoms with E-state index in [9.17, 15) is 9.18 Å². The van der Waals surface area contributed by atoms with Crippen molar-refractivity contribution in [2.24, 2.45) is 0 Å². The van der Waals surface area contributed by atoms with Crippen LogP contribution in [0.5, 0.6) is 11.5 Å². The molecule has 3 aromatic carbocycles. The van der Waals surface area contributed by atoms with Gasteiger partial charge in [-0.3, -0.25) is 4.79 Å². The molecule has 0 amide bonds. The third-order valence-electron chi connectivity index (χ3n) is 4.53. The first-order valence-corrected chi connectivity index (χ1v) is 9.58. The molecular formula is C23H15Cl2FO3. The second kappa shape index (κ2) is 7.90. The number of halogens is 3. The summed E-state index contributed by atoms with van der Waals surface area (Å²) in [5.41, 5.74) is 2.41. The van der Waals surface area contributed by atoms with E-state index < -0.39 is 0 Å². The summed E-state index contributed by atoms with van der Waals surface area (Å²) in [6.45, 7) is 1.98. The second-order valence-corrected chi connectivity index (χ2v) is 7.41. The molecule has 3 nitrogen and oxygen atoms in total. The van der Waals surface area contributed by atoms with Crippen LogP contribution >= 0.6 is 23.2 Å². The zero-order valence-electron chi connectivity index (χ0n) is 15.3. The van der Waals surface area contributed by atoms with Crippen LogP contribution in [0.2, 0.25) is 10.0 Å². The Morgan fingerprint density at radius 1 is 1.07 bits per heavy atom. The lowest BCUT2D eigenvalue weighted by Crippen LogP contribution is -2.00. The Morgan fingerprint density at radius 3 is 2.52 bits per heavy atom. The second-order valence-electron chi connectivity index (χ2n) is 6.60. The van der Waals surface area contributed by atoms with Crippen LogP contribution in [-0.2, 0) is 6.61 Å². The van der Waals surface area contributed by atoms with Crippen molar-refractivity contribution >= 4 is 35.1 Å². The molecule has 146 valence electrons. The summed E-state index contributed by atoms with van der Waals surface area (Å²) in [5.74, 6) is 0.435. The first-order chi connectivity index (χ1) is 13.9. The van der Waals surface area contributed by atoms with Gasteiger partial charge < -0.3 is 9.47 Å². The van der Waals surface area contributed by atoms with Gasteiger partial charge in [-0.15, -0.1) is 0 Å². The Kier molecular flexibility index (Phi) is 5.31. The predicted octanol–water partition coefficient (Wildman–Crippen LogP) is 6.64. The van der Waals surface area contributed by atoms with Gasteiger partial charge in [0.25, 0.3) is 0 Å². The van der Waals surface area contributed by atoms with Crippen molar-refractivity contribution in [3.8, 4) is 11.5 Å². The number of hydrogen-bond acceptors (Lipinski definition) is 3. The molecule has 0 atom stereocenters. The van der Waals surface area contributed by atoms with Crippen LogP contribution < -0.4 is 9.47 Å². The molecule has 0 spiro atoms. The largest absolute Gasteiger partial charge is 0.489 e. The Bertz CT molecular complexity index is 1130. The van der Waals surface area contributed by atoms with Gasteiger partial charge in [0.2, 0.25) is 5.78 Å². The summed E-state index contributed by atoms with van der Waals surface area (Å²) in [4.78, 5) is 12.7. The molecule has 0 aliphatic carbocycles. The number of ether oxygens (including phenoxy) is 2. The van der Waals surface area contributed by atoms with E-state index in [1.165, 1.54) is 18.2 Å². The topological polar surface area (TPSA) is 35.5 Å². The van der Waals surface area contributed by atoms with E-state index in [1.54, 1.807) is 49.4 Å². The SMILES string of the molecule is Cc1cc(OCc2c(Cl)cccc2Cl)cc2c1C(=O)/C(=C/c1cccc(F)c1)O2. The van der Waals surface area contributed by atoms with Crippen LogP contribution in [0.25, 0.3) is 6.08 Å². The number of benzene rings is 3. The van der Waals surface area contributed by atoms with Crippen molar-refractivity contribution in [2.75, 3.05) is 0 Å². The molecule has 0 saturated carbocycles. The van der Waals surface area contributed by atoms with Gasteiger partial charge in [-0.2, -0.15) is 0 Å². The van der Waals surface area contributed by atoms with Crippen molar-refractivity contribution in [3.63, 3.8) is 0 Å². The third kappa shape index (κ3) is 4.00. The summed E-state index contributed by atoms with van der Waals surface area (Å²) >= 11 is 12.4. The maximum absolute atomic E-state index is 13.4. The van der Waals surface area contributed by atoms with Crippen molar-refractivity contribution in [1.29, 1.82) is 0 Å². The molecule has 1 aliphatic heterocycles. The standard InChI is InChI=1S/C23H15Cl2FO3/c1-13-8-16(28-12-17-18(24)6-3-7-19(17)25)11-20-22(13)23(27)21(29-20)10-14-4-2-5-15(26)9-14/h2-11H,12H2,1H3/b21-10-. The number of Topliss-reactive ketones (excluding diaryl/α,β-unsaturated/α-hetero) is 1. The molecule has 1 heterocycles. The van der Waals surface area contributed by atoms with Crippen LogP contribution in [0.1, 0.15) is 27.0 Å². The van der Waals surface area contributed by atoms with E-state index in [0.29, 0.717) is 38.2 Å². The van der Waals surface area contributed by atoms with Crippen molar-refractivity contribution in [1.82, 2.24) is 0 Å². The predicted molar refractivity (Wildman–Crippen MR) is 111 cm³/mol. The number of rotatable bonds is 4.